The molecule has 0 bridgehead atoms. The fourth-order valence-corrected chi connectivity index (χ4v) is 3.23. The molecule has 0 aromatic heterocycles. The van der Waals surface area contributed by atoms with Gasteiger partial charge in [-0.3, -0.25) is 4.79 Å². The van der Waals surface area contributed by atoms with E-state index >= 15 is 0 Å². The Bertz CT molecular complexity index is 383. The Kier molecular flexibility index (Phi) is 5.55. The van der Waals surface area contributed by atoms with Crippen LogP contribution in [0.1, 0.15) is 32.6 Å². The Morgan fingerprint density at radius 2 is 2.11 bits per heavy atom. The largest absolute Gasteiger partial charge is 0.469 e. The van der Waals surface area contributed by atoms with E-state index < -0.39 is 16.2 Å². The highest BCUT2D eigenvalue weighted by molar-refractivity contribution is 7.87. The third-order valence-corrected chi connectivity index (χ3v) is 4.91. The summed E-state index contributed by atoms with van der Waals surface area (Å²) in [5, 5.41) is 0. The topological polar surface area (TPSA) is 75.7 Å². The van der Waals surface area contributed by atoms with E-state index in [2.05, 4.69) is 16.4 Å². The van der Waals surface area contributed by atoms with Crippen molar-refractivity contribution in [1.29, 1.82) is 0 Å². The van der Waals surface area contributed by atoms with Crippen LogP contribution in [0.3, 0.4) is 0 Å². The molecule has 1 aliphatic rings. The van der Waals surface area contributed by atoms with Crippen LogP contribution < -0.4 is 4.72 Å². The first-order valence-electron chi connectivity index (χ1n) is 6.15. The zero-order valence-electron chi connectivity index (χ0n) is 11.2. The van der Waals surface area contributed by atoms with Gasteiger partial charge >= 0.3 is 5.97 Å². The van der Waals surface area contributed by atoms with Gasteiger partial charge in [-0.25, -0.2) is 0 Å². The van der Waals surface area contributed by atoms with E-state index in [1.54, 1.807) is 0 Å². The van der Waals surface area contributed by atoms with Crippen molar-refractivity contribution in [2.45, 2.75) is 38.6 Å². The molecule has 7 heteroatoms. The quantitative estimate of drug-likeness (QED) is 0.718. The number of esters is 1. The van der Waals surface area contributed by atoms with Gasteiger partial charge in [0, 0.05) is 19.6 Å². The van der Waals surface area contributed by atoms with Crippen molar-refractivity contribution in [3.8, 4) is 0 Å². The van der Waals surface area contributed by atoms with Gasteiger partial charge in [0.15, 0.2) is 0 Å². The second-order valence-electron chi connectivity index (χ2n) is 4.89. The molecule has 1 N–H and O–H groups in total. The van der Waals surface area contributed by atoms with Crippen LogP contribution in [0.25, 0.3) is 0 Å². The molecule has 0 aliphatic heterocycles. The van der Waals surface area contributed by atoms with E-state index in [0.29, 0.717) is 5.92 Å². The van der Waals surface area contributed by atoms with Crippen LogP contribution in [-0.4, -0.2) is 45.4 Å². The van der Waals surface area contributed by atoms with Crippen molar-refractivity contribution < 1.29 is 17.9 Å². The summed E-state index contributed by atoms with van der Waals surface area (Å²) in [7, 11) is -0.747. The first kappa shape index (κ1) is 15.4. The average molecular weight is 278 g/mol. The standard InChI is InChI=1S/C11H22N2O4S/c1-9-4-5-10(8-9)12-18(15,16)13(2)7-6-11(14)17-3/h9-10,12H,4-8H2,1-3H3. The normalized spacial score (nSPS) is 24.4. The zero-order valence-corrected chi connectivity index (χ0v) is 12.0. The molecule has 0 amide bonds. The van der Waals surface area contributed by atoms with E-state index in [-0.39, 0.29) is 19.0 Å². The molecule has 6 nitrogen and oxygen atoms in total. The summed E-state index contributed by atoms with van der Waals surface area (Å²) < 4.78 is 32.2. The third kappa shape index (κ3) is 4.55. The van der Waals surface area contributed by atoms with Crippen LogP contribution in [-0.2, 0) is 19.7 Å². The number of nitrogens with zero attached hydrogens (tertiary/aromatic N) is 1. The van der Waals surface area contributed by atoms with Gasteiger partial charge in [-0.15, -0.1) is 0 Å². The Balaban J connectivity index is 2.44. The maximum Gasteiger partial charge on any atom is 0.306 e. The van der Waals surface area contributed by atoms with Crippen molar-refractivity contribution in [2.24, 2.45) is 5.92 Å². The minimum absolute atomic E-state index is 0.0191. The number of carbonyl (C=O) groups is 1. The van der Waals surface area contributed by atoms with Crippen LogP contribution in [0.4, 0.5) is 0 Å². The molecule has 18 heavy (non-hydrogen) atoms. The smallest absolute Gasteiger partial charge is 0.306 e. The minimum Gasteiger partial charge on any atom is -0.469 e. The van der Waals surface area contributed by atoms with E-state index in [0.717, 1.165) is 23.6 Å². The predicted molar refractivity (Wildman–Crippen MR) is 68.1 cm³/mol. The molecule has 2 unspecified atom stereocenters. The molecular formula is C11H22N2O4S. The first-order valence-corrected chi connectivity index (χ1v) is 7.59. The fraction of sp³-hybridized carbons (Fsp3) is 0.909. The number of nitrogens with one attached hydrogen (secondary N) is 1. The highest BCUT2D eigenvalue weighted by Gasteiger charge is 2.27. The second kappa shape index (κ2) is 6.49. The Hall–Kier alpha value is -0.660. The lowest BCUT2D eigenvalue weighted by Gasteiger charge is -2.20. The molecular weight excluding hydrogens is 256 g/mol. The fourth-order valence-electron chi connectivity index (χ4n) is 2.09. The lowest BCUT2D eigenvalue weighted by atomic mass is 10.1. The van der Waals surface area contributed by atoms with Crippen LogP contribution in [0.15, 0.2) is 0 Å². The van der Waals surface area contributed by atoms with Crippen LogP contribution >= 0.6 is 0 Å². The molecule has 0 aromatic rings. The molecule has 106 valence electrons. The van der Waals surface area contributed by atoms with E-state index in [1.807, 2.05) is 0 Å². The molecule has 1 saturated carbocycles. The van der Waals surface area contributed by atoms with Gasteiger partial charge in [0.2, 0.25) is 0 Å². The molecule has 0 radical (unpaired) electrons. The number of methoxy groups -OCH3 is 1. The van der Waals surface area contributed by atoms with Crippen LogP contribution in [0, 0.1) is 5.92 Å². The van der Waals surface area contributed by atoms with Crippen molar-refractivity contribution in [2.75, 3.05) is 20.7 Å². The predicted octanol–water partition coefficient (Wildman–Crippen LogP) is 0.504. The molecule has 0 spiro atoms. The number of hydrogen-bond acceptors (Lipinski definition) is 4. The van der Waals surface area contributed by atoms with Gasteiger partial charge in [-0.05, 0) is 25.2 Å². The molecule has 1 aliphatic carbocycles. The number of ether oxygens (including phenoxy) is 1. The number of rotatable bonds is 6. The number of hydrogen-bond donors (Lipinski definition) is 1. The van der Waals surface area contributed by atoms with Crippen molar-refractivity contribution in [3.63, 3.8) is 0 Å². The maximum absolute atomic E-state index is 12.0. The monoisotopic (exact) mass is 278 g/mol. The summed E-state index contributed by atoms with van der Waals surface area (Å²) in [6.07, 6.45) is 2.88. The average Bonchev–Trinajstić information content (AvgIpc) is 2.70. The summed E-state index contributed by atoms with van der Waals surface area (Å²) in [6, 6.07) is 0.0191. The Morgan fingerprint density at radius 1 is 1.44 bits per heavy atom. The maximum atomic E-state index is 12.0. The van der Waals surface area contributed by atoms with E-state index in [4.69, 9.17) is 0 Å². The SMILES string of the molecule is COC(=O)CCN(C)S(=O)(=O)NC1CCC(C)C1. The minimum atomic E-state index is -3.50. The lowest BCUT2D eigenvalue weighted by Crippen LogP contribution is -2.43. The summed E-state index contributed by atoms with van der Waals surface area (Å²) >= 11 is 0. The molecule has 2 atom stereocenters. The Labute approximate surface area is 109 Å². The van der Waals surface area contributed by atoms with Crippen molar-refractivity contribution in [1.82, 2.24) is 9.03 Å². The van der Waals surface area contributed by atoms with Gasteiger partial charge in [0.05, 0.1) is 13.5 Å². The molecule has 0 saturated heterocycles. The third-order valence-electron chi connectivity index (χ3n) is 3.28. The van der Waals surface area contributed by atoms with Gasteiger partial charge in [-0.1, -0.05) is 6.92 Å². The Morgan fingerprint density at radius 3 is 2.61 bits per heavy atom. The molecule has 0 heterocycles. The highest BCUT2D eigenvalue weighted by Crippen LogP contribution is 2.25. The molecule has 0 aromatic carbocycles. The number of carbonyl (C=O) groups excluding carboxylic acids is 1. The highest BCUT2D eigenvalue weighted by atomic mass is 32.2. The van der Waals surface area contributed by atoms with Gasteiger partial charge in [0.25, 0.3) is 10.2 Å². The van der Waals surface area contributed by atoms with E-state index in [9.17, 15) is 13.2 Å². The lowest BCUT2D eigenvalue weighted by molar-refractivity contribution is -0.140. The summed E-state index contributed by atoms with van der Waals surface area (Å²) in [6.45, 7) is 2.25. The first-order chi connectivity index (χ1) is 8.35. The van der Waals surface area contributed by atoms with Crippen molar-refractivity contribution in [3.05, 3.63) is 0 Å². The van der Waals surface area contributed by atoms with Crippen molar-refractivity contribution >= 4 is 16.2 Å². The summed E-state index contributed by atoms with van der Waals surface area (Å²) in [5.74, 6) is 0.157. The van der Waals surface area contributed by atoms with Gasteiger partial charge < -0.3 is 4.74 Å². The summed E-state index contributed by atoms with van der Waals surface area (Å²) in [4.78, 5) is 11.0. The van der Waals surface area contributed by atoms with E-state index in [1.165, 1.54) is 14.2 Å². The van der Waals surface area contributed by atoms with Crippen LogP contribution in [0.2, 0.25) is 0 Å². The summed E-state index contributed by atoms with van der Waals surface area (Å²) in [5.41, 5.74) is 0. The second-order valence-corrected chi connectivity index (χ2v) is 6.69. The van der Waals surface area contributed by atoms with Gasteiger partial charge in [0.1, 0.15) is 0 Å². The van der Waals surface area contributed by atoms with Crippen LogP contribution in [0.5, 0.6) is 0 Å². The molecule has 1 fully saturated rings. The zero-order chi connectivity index (χ0) is 13.8. The molecule has 1 rings (SSSR count). The van der Waals surface area contributed by atoms with Gasteiger partial charge in [-0.2, -0.15) is 17.4 Å².